The Hall–Kier alpha value is -2.31. The number of benzene rings is 2. The lowest BCUT2D eigenvalue weighted by Crippen LogP contribution is -2.30. The SMILES string of the molecule is CS(=O)(=O)C1=C(O)C(=O)N(c2ccccc2)C1c1ccc(Cl)cc1. The molecule has 1 heterocycles. The second-order valence-electron chi connectivity index (χ2n) is 5.45. The first-order chi connectivity index (χ1) is 11.3. The van der Waals surface area contributed by atoms with Gasteiger partial charge in [0.2, 0.25) is 0 Å². The van der Waals surface area contributed by atoms with E-state index in [1.165, 1.54) is 4.90 Å². The number of halogens is 1. The second-order valence-corrected chi connectivity index (χ2v) is 7.87. The van der Waals surface area contributed by atoms with Crippen LogP contribution in [0, 0.1) is 0 Å². The van der Waals surface area contributed by atoms with Gasteiger partial charge in [0.05, 0.1) is 0 Å². The maximum Gasteiger partial charge on any atom is 0.295 e. The van der Waals surface area contributed by atoms with E-state index < -0.39 is 27.5 Å². The average molecular weight is 364 g/mol. The zero-order valence-electron chi connectivity index (χ0n) is 12.7. The van der Waals surface area contributed by atoms with E-state index in [-0.39, 0.29) is 4.91 Å². The molecule has 0 aliphatic carbocycles. The Morgan fingerprint density at radius 2 is 1.62 bits per heavy atom. The van der Waals surface area contributed by atoms with E-state index in [4.69, 9.17) is 11.6 Å². The van der Waals surface area contributed by atoms with Gasteiger partial charge in [-0.2, -0.15) is 0 Å². The Balaban J connectivity index is 2.23. The lowest BCUT2D eigenvalue weighted by molar-refractivity contribution is -0.117. The molecule has 0 fully saturated rings. The number of aliphatic hydroxyl groups excluding tert-OH is 1. The normalized spacial score (nSPS) is 18.3. The van der Waals surface area contributed by atoms with Crippen molar-refractivity contribution >= 4 is 33.0 Å². The highest BCUT2D eigenvalue weighted by molar-refractivity contribution is 7.94. The number of para-hydroxylation sites is 1. The molecule has 7 heteroatoms. The molecule has 1 N–H and O–H groups in total. The van der Waals surface area contributed by atoms with E-state index in [0.717, 1.165) is 6.26 Å². The third-order valence-electron chi connectivity index (χ3n) is 3.78. The molecule has 24 heavy (non-hydrogen) atoms. The molecule has 1 atom stereocenters. The van der Waals surface area contributed by atoms with Crippen molar-refractivity contribution in [3.8, 4) is 0 Å². The summed E-state index contributed by atoms with van der Waals surface area (Å²) in [6, 6.07) is 14.2. The van der Waals surface area contributed by atoms with Crippen molar-refractivity contribution in [3.05, 3.63) is 75.8 Å². The van der Waals surface area contributed by atoms with Crippen LogP contribution in [-0.2, 0) is 14.6 Å². The van der Waals surface area contributed by atoms with Crippen LogP contribution >= 0.6 is 11.6 Å². The summed E-state index contributed by atoms with van der Waals surface area (Å²) in [5.74, 6) is -1.50. The average Bonchev–Trinajstić information content (AvgIpc) is 2.81. The van der Waals surface area contributed by atoms with Crippen molar-refractivity contribution in [1.29, 1.82) is 0 Å². The summed E-state index contributed by atoms with van der Waals surface area (Å²) in [4.78, 5) is 13.5. The van der Waals surface area contributed by atoms with Gasteiger partial charge in [0, 0.05) is 17.0 Å². The van der Waals surface area contributed by atoms with Crippen LogP contribution in [0.5, 0.6) is 0 Å². The van der Waals surface area contributed by atoms with Gasteiger partial charge in [-0.25, -0.2) is 8.42 Å². The van der Waals surface area contributed by atoms with Crippen LogP contribution in [-0.4, -0.2) is 25.7 Å². The highest BCUT2D eigenvalue weighted by Crippen LogP contribution is 2.42. The van der Waals surface area contributed by atoms with Gasteiger partial charge < -0.3 is 5.11 Å². The van der Waals surface area contributed by atoms with Crippen molar-refractivity contribution in [3.63, 3.8) is 0 Å². The van der Waals surface area contributed by atoms with Gasteiger partial charge in [-0.05, 0) is 29.8 Å². The fourth-order valence-electron chi connectivity index (χ4n) is 2.76. The first kappa shape index (κ1) is 16.5. The van der Waals surface area contributed by atoms with Crippen molar-refractivity contribution < 1.29 is 18.3 Å². The number of carbonyl (C=O) groups excluding carboxylic acids is 1. The molecule has 0 radical (unpaired) electrons. The molecule has 124 valence electrons. The number of nitrogens with zero attached hydrogens (tertiary/aromatic N) is 1. The monoisotopic (exact) mass is 363 g/mol. The number of amides is 1. The van der Waals surface area contributed by atoms with Crippen LogP contribution < -0.4 is 4.90 Å². The molecule has 2 aromatic rings. The first-order valence-corrected chi connectivity index (χ1v) is 9.35. The van der Waals surface area contributed by atoms with Crippen molar-refractivity contribution in [2.24, 2.45) is 0 Å². The highest BCUT2D eigenvalue weighted by Gasteiger charge is 2.45. The summed E-state index contributed by atoms with van der Waals surface area (Å²) < 4.78 is 24.4. The number of carbonyl (C=O) groups is 1. The van der Waals surface area contributed by atoms with Gasteiger partial charge in [-0.15, -0.1) is 0 Å². The number of hydrogen-bond acceptors (Lipinski definition) is 4. The molecule has 0 bridgehead atoms. The third kappa shape index (κ3) is 2.79. The van der Waals surface area contributed by atoms with E-state index in [1.807, 2.05) is 0 Å². The van der Waals surface area contributed by atoms with Gasteiger partial charge in [0.1, 0.15) is 10.9 Å². The molecule has 0 saturated heterocycles. The highest BCUT2D eigenvalue weighted by atomic mass is 35.5. The minimum Gasteiger partial charge on any atom is -0.502 e. The molecular weight excluding hydrogens is 350 g/mol. The van der Waals surface area contributed by atoms with E-state index in [1.54, 1.807) is 54.6 Å². The van der Waals surface area contributed by atoms with E-state index in [9.17, 15) is 18.3 Å². The quantitative estimate of drug-likeness (QED) is 0.908. The van der Waals surface area contributed by atoms with Crippen molar-refractivity contribution in [2.75, 3.05) is 11.2 Å². The number of rotatable bonds is 3. The smallest absolute Gasteiger partial charge is 0.295 e. The number of anilines is 1. The Bertz CT molecular complexity index is 921. The number of sulfone groups is 1. The summed E-state index contributed by atoms with van der Waals surface area (Å²) in [6.45, 7) is 0. The Labute approximate surface area is 144 Å². The van der Waals surface area contributed by atoms with E-state index >= 15 is 0 Å². The Morgan fingerprint density at radius 1 is 1.04 bits per heavy atom. The fourth-order valence-corrected chi connectivity index (χ4v) is 3.97. The van der Waals surface area contributed by atoms with E-state index in [0.29, 0.717) is 16.3 Å². The van der Waals surface area contributed by atoms with Gasteiger partial charge in [-0.1, -0.05) is 41.9 Å². The number of hydrogen-bond donors (Lipinski definition) is 1. The molecule has 5 nitrogen and oxygen atoms in total. The van der Waals surface area contributed by atoms with Crippen LogP contribution in [0.2, 0.25) is 5.02 Å². The molecule has 1 unspecified atom stereocenters. The van der Waals surface area contributed by atoms with Crippen LogP contribution in [0.1, 0.15) is 11.6 Å². The minimum absolute atomic E-state index is 0.307. The molecule has 0 spiro atoms. The van der Waals surface area contributed by atoms with Gasteiger partial charge in [-0.3, -0.25) is 9.69 Å². The van der Waals surface area contributed by atoms with Crippen LogP contribution in [0.4, 0.5) is 5.69 Å². The molecule has 1 amide bonds. The standard InChI is InChI=1S/C17H14ClNO4S/c1-24(22,23)16-14(11-7-9-12(18)10-8-11)19(17(21)15(16)20)13-5-3-2-4-6-13/h2-10,14,20H,1H3. The topological polar surface area (TPSA) is 74.7 Å². The zero-order chi connectivity index (χ0) is 17.5. The molecule has 0 aromatic heterocycles. The largest absolute Gasteiger partial charge is 0.502 e. The molecule has 3 rings (SSSR count). The molecular formula is C17H14ClNO4S. The maximum absolute atomic E-state index is 12.5. The van der Waals surface area contributed by atoms with Crippen molar-refractivity contribution in [2.45, 2.75) is 6.04 Å². The lowest BCUT2D eigenvalue weighted by Gasteiger charge is -2.26. The maximum atomic E-state index is 12.5. The van der Waals surface area contributed by atoms with Gasteiger partial charge in [0.25, 0.3) is 5.91 Å². The predicted molar refractivity (Wildman–Crippen MR) is 92.6 cm³/mol. The van der Waals surface area contributed by atoms with Gasteiger partial charge >= 0.3 is 0 Å². The number of aliphatic hydroxyl groups is 1. The molecule has 1 aliphatic heterocycles. The minimum atomic E-state index is -3.80. The summed E-state index contributed by atoms with van der Waals surface area (Å²) in [6.07, 6.45) is 0.975. The van der Waals surface area contributed by atoms with Crippen LogP contribution in [0.3, 0.4) is 0 Å². The predicted octanol–water partition coefficient (Wildman–Crippen LogP) is 3.24. The van der Waals surface area contributed by atoms with Crippen molar-refractivity contribution in [1.82, 2.24) is 0 Å². The second kappa shape index (κ2) is 5.96. The fraction of sp³-hybridized carbons (Fsp3) is 0.118. The van der Waals surface area contributed by atoms with Crippen LogP contribution in [0.25, 0.3) is 0 Å². The Kier molecular flexibility index (Phi) is 4.11. The molecule has 1 aliphatic rings. The Morgan fingerprint density at radius 3 is 2.17 bits per heavy atom. The summed E-state index contributed by atoms with van der Waals surface area (Å²) in [5, 5.41) is 10.7. The summed E-state index contributed by atoms with van der Waals surface area (Å²) in [5.41, 5.74) is 1.04. The third-order valence-corrected chi connectivity index (χ3v) is 5.25. The lowest BCUT2D eigenvalue weighted by atomic mass is 10.1. The first-order valence-electron chi connectivity index (χ1n) is 7.08. The molecule has 0 saturated carbocycles. The van der Waals surface area contributed by atoms with Crippen LogP contribution in [0.15, 0.2) is 65.3 Å². The summed E-state index contributed by atoms with van der Waals surface area (Å²) >= 11 is 5.90. The molecule has 2 aromatic carbocycles. The van der Waals surface area contributed by atoms with Gasteiger partial charge in [0.15, 0.2) is 15.6 Å². The zero-order valence-corrected chi connectivity index (χ0v) is 14.3. The van der Waals surface area contributed by atoms with E-state index in [2.05, 4.69) is 0 Å². The summed E-state index contributed by atoms with van der Waals surface area (Å²) in [7, 11) is -3.80.